The number of aryl methyl sites for hydroxylation is 2. The van der Waals surface area contributed by atoms with Crippen LogP contribution in [0.25, 0.3) is 11.0 Å². The predicted molar refractivity (Wildman–Crippen MR) is 152 cm³/mol. The Kier molecular flexibility index (Phi) is 7.21. The van der Waals surface area contributed by atoms with Crippen LogP contribution in [0.1, 0.15) is 24.5 Å². The summed E-state index contributed by atoms with van der Waals surface area (Å²) >= 11 is 6.32. The molecule has 4 aromatic rings. The highest BCUT2D eigenvalue weighted by atomic mass is 35.5. The summed E-state index contributed by atoms with van der Waals surface area (Å²) in [6, 6.07) is 14.8. The van der Waals surface area contributed by atoms with Gasteiger partial charge in [-0.25, -0.2) is 20.8 Å². The first-order valence-corrected chi connectivity index (χ1v) is 15.8. The molecule has 2 atom stereocenters. The quantitative estimate of drug-likeness (QED) is 0.306. The minimum absolute atomic E-state index is 0.101. The summed E-state index contributed by atoms with van der Waals surface area (Å²) in [6.07, 6.45) is 2.10. The second-order valence-electron chi connectivity index (χ2n) is 10.1. The standard InChI is InChI=1S/C27H30ClN5O4S2/c1-18-5-9-21(10-6-18)38(34,35)32-15-13-20(3)24(17-32)31(4)25-23-14-16-33(26(23)30-27(28)29-25)39(36,37)22-11-7-19(2)8-12-22/h5-12,14,16,20,24H,13,15,17H2,1-4H3/t20-,24+/m1/s1. The normalized spacial score (nSPS) is 18.9. The molecule has 12 heteroatoms. The lowest BCUT2D eigenvalue weighted by Gasteiger charge is -2.41. The molecule has 5 rings (SSSR count). The first-order valence-electron chi connectivity index (χ1n) is 12.6. The molecule has 39 heavy (non-hydrogen) atoms. The third-order valence-corrected chi connectivity index (χ3v) is 11.1. The Balaban J connectivity index is 1.51. The van der Waals surface area contributed by atoms with Crippen LogP contribution < -0.4 is 4.90 Å². The SMILES string of the molecule is Cc1ccc(S(=O)(=O)N2CC[C@@H](C)[C@@H](N(C)c3nc(Cl)nc4c3ccn4S(=O)(=O)c3ccc(C)cc3)C2)cc1. The molecule has 0 amide bonds. The number of halogens is 1. The van der Waals surface area contributed by atoms with E-state index < -0.39 is 20.0 Å². The molecule has 0 unspecified atom stereocenters. The fourth-order valence-corrected chi connectivity index (χ4v) is 7.92. The largest absolute Gasteiger partial charge is 0.354 e. The van der Waals surface area contributed by atoms with Crippen molar-refractivity contribution in [1.82, 2.24) is 18.2 Å². The second-order valence-corrected chi connectivity index (χ2v) is 14.2. The summed E-state index contributed by atoms with van der Waals surface area (Å²) in [5, 5.41) is 0.402. The van der Waals surface area contributed by atoms with Crippen molar-refractivity contribution in [3.8, 4) is 0 Å². The highest BCUT2D eigenvalue weighted by molar-refractivity contribution is 7.90. The molecule has 0 N–H and O–H groups in total. The Hall–Kier alpha value is -2.99. The number of sulfonamides is 1. The highest BCUT2D eigenvalue weighted by Crippen LogP contribution is 2.33. The van der Waals surface area contributed by atoms with Gasteiger partial charge in [-0.05, 0) is 68.1 Å². The van der Waals surface area contributed by atoms with Crippen LogP contribution in [0.3, 0.4) is 0 Å². The fourth-order valence-electron chi connectivity index (χ4n) is 5.00. The van der Waals surface area contributed by atoms with Crippen molar-refractivity contribution in [3.05, 3.63) is 77.2 Å². The number of hydrogen-bond donors (Lipinski definition) is 0. The van der Waals surface area contributed by atoms with Gasteiger partial charge < -0.3 is 4.90 Å². The molecule has 0 bridgehead atoms. The number of nitrogens with zero attached hydrogens (tertiary/aromatic N) is 5. The molecule has 0 spiro atoms. The summed E-state index contributed by atoms with van der Waals surface area (Å²) < 4.78 is 56.4. The molecular formula is C27H30ClN5O4S2. The molecule has 206 valence electrons. The van der Waals surface area contributed by atoms with Gasteiger partial charge in [0.25, 0.3) is 10.0 Å². The Labute approximate surface area is 234 Å². The van der Waals surface area contributed by atoms with Crippen molar-refractivity contribution in [2.45, 2.75) is 43.0 Å². The molecule has 2 aromatic carbocycles. The van der Waals surface area contributed by atoms with Gasteiger partial charge in [-0.2, -0.15) is 14.3 Å². The van der Waals surface area contributed by atoms with Crippen LogP contribution in [0.5, 0.6) is 0 Å². The lowest BCUT2D eigenvalue weighted by molar-refractivity contribution is 0.247. The fraction of sp³-hybridized carbons (Fsp3) is 0.333. The van der Waals surface area contributed by atoms with Gasteiger partial charge in [0.15, 0.2) is 5.65 Å². The number of hydrogen-bond acceptors (Lipinski definition) is 7. The van der Waals surface area contributed by atoms with Crippen molar-refractivity contribution in [1.29, 1.82) is 0 Å². The van der Waals surface area contributed by atoms with E-state index in [-0.39, 0.29) is 39.2 Å². The maximum absolute atomic E-state index is 13.4. The number of benzene rings is 2. The van der Waals surface area contributed by atoms with Crippen LogP contribution in [0.15, 0.2) is 70.6 Å². The maximum Gasteiger partial charge on any atom is 0.269 e. The molecule has 1 aliphatic rings. The van der Waals surface area contributed by atoms with Crippen LogP contribution in [0, 0.1) is 19.8 Å². The lowest BCUT2D eigenvalue weighted by atomic mass is 9.93. The molecule has 2 aromatic heterocycles. The van der Waals surface area contributed by atoms with Crippen LogP contribution in [0.2, 0.25) is 5.28 Å². The highest BCUT2D eigenvalue weighted by Gasteiger charge is 2.37. The Bertz CT molecular complexity index is 1740. The van der Waals surface area contributed by atoms with E-state index in [4.69, 9.17) is 11.6 Å². The summed E-state index contributed by atoms with van der Waals surface area (Å²) in [5.74, 6) is 0.580. The zero-order valence-electron chi connectivity index (χ0n) is 22.1. The summed E-state index contributed by atoms with van der Waals surface area (Å²) in [5.41, 5.74) is 2.09. The Morgan fingerprint density at radius 3 is 2.03 bits per heavy atom. The third-order valence-electron chi connectivity index (χ3n) is 7.41. The predicted octanol–water partition coefficient (Wildman–Crippen LogP) is 4.47. The zero-order chi connectivity index (χ0) is 28.1. The van der Waals surface area contributed by atoms with E-state index in [2.05, 4.69) is 16.9 Å². The van der Waals surface area contributed by atoms with Gasteiger partial charge in [0.2, 0.25) is 15.3 Å². The maximum atomic E-state index is 13.4. The Morgan fingerprint density at radius 2 is 1.44 bits per heavy atom. The van der Waals surface area contributed by atoms with E-state index in [1.165, 1.54) is 10.5 Å². The van der Waals surface area contributed by atoms with Crippen molar-refractivity contribution >= 4 is 48.5 Å². The van der Waals surface area contributed by atoms with E-state index in [9.17, 15) is 16.8 Å². The van der Waals surface area contributed by atoms with Gasteiger partial charge >= 0.3 is 0 Å². The average molecular weight is 588 g/mol. The van der Waals surface area contributed by atoms with Gasteiger partial charge in [-0.15, -0.1) is 0 Å². The molecule has 9 nitrogen and oxygen atoms in total. The summed E-state index contributed by atoms with van der Waals surface area (Å²) in [7, 11) is -5.79. The minimum atomic E-state index is -3.93. The van der Waals surface area contributed by atoms with E-state index in [0.29, 0.717) is 24.2 Å². The van der Waals surface area contributed by atoms with E-state index in [1.807, 2.05) is 25.8 Å². The van der Waals surface area contributed by atoms with Crippen molar-refractivity contribution in [3.63, 3.8) is 0 Å². The summed E-state index contributed by atoms with van der Waals surface area (Å²) in [6.45, 7) is 6.53. The first-order chi connectivity index (χ1) is 18.4. The number of piperidine rings is 1. The molecule has 3 heterocycles. The minimum Gasteiger partial charge on any atom is -0.354 e. The van der Waals surface area contributed by atoms with Crippen LogP contribution in [-0.4, -0.2) is 61.3 Å². The number of rotatable bonds is 6. The number of anilines is 1. The van der Waals surface area contributed by atoms with Crippen LogP contribution in [0.4, 0.5) is 5.82 Å². The number of aromatic nitrogens is 3. The Morgan fingerprint density at radius 1 is 0.872 bits per heavy atom. The van der Waals surface area contributed by atoms with Crippen LogP contribution in [-0.2, 0) is 20.0 Å². The lowest BCUT2D eigenvalue weighted by Crippen LogP contribution is -2.52. The van der Waals surface area contributed by atoms with Crippen molar-refractivity contribution in [2.75, 3.05) is 25.0 Å². The molecule has 0 aliphatic carbocycles. The van der Waals surface area contributed by atoms with E-state index >= 15 is 0 Å². The molecule has 0 saturated carbocycles. The molecule has 1 fully saturated rings. The molecular weight excluding hydrogens is 558 g/mol. The van der Waals surface area contributed by atoms with Gasteiger partial charge in [0.1, 0.15) is 5.82 Å². The van der Waals surface area contributed by atoms with Gasteiger partial charge in [0, 0.05) is 32.4 Å². The monoisotopic (exact) mass is 587 g/mol. The van der Waals surface area contributed by atoms with Gasteiger partial charge in [0.05, 0.1) is 15.2 Å². The molecule has 0 radical (unpaired) electrons. The number of fused-ring (bicyclic) bond motifs is 1. The van der Waals surface area contributed by atoms with Crippen LogP contribution >= 0.6 is 11.6 Å². The average Bonchev–Trinajstić information content (AvgIpc) is 3.33. The first kappa shape index (κ1) is 27.6. The topological polar surface area (TPSA) is 105 Å². The smallest absolute Gasteiger partial charge is 0.269 e. The molecule has 1 aliphatic heterocycles. The van der Waals surface area contributed by atoms with Gasteiger partial charge in [-0.1, -0.05) is 42.3 Å². The van der Waals surface area contributed by atoms with E-state index in [0.717, 1.165) is 15.1 Å². The third kappa shape index (κ3) is 5.04. The van der Waals surface area contributed by atoms with E-state index in [1.54, 1.807) is 54.6 Å². The van der Waals surface area contributed by atoms with Gasteiger partial charge in [-0.3, -0.25) is 0 Å². The second kappa shape index (κ2) is 10.2. The van der Waals surface area contributed by atoms with Crippen molar-refractivity contribution in [2.24, 2.45) is 5.92 Å². The molecule has 1 saturated heterocycles. The van der Waals surface area contributed by atoms with Crippen molar-refractivity contribution < 1.29 is 16.8 Å². The summed E-state index contributed by atoms with van der Waals surface area (Å²) in [4.78, 5) is 11.0. The number of likely N-dealkylation sites (N-methyl/N-ethyl adjacent to an activating group) is 1. The zero-order valence-corrected chi connectivity index (χ0v) is 24.5.